The number of carbonyl (C=O) groups excluding carboxylic acids is 2. The predicted molar refractivity (Wildman–Crippen MR) is 132 cm³/mol. The number of hydrogen-bond donors (Lipinski definition) is 2. The molecule has 7 heteroatoms. The summed E-state index contributed by atoms with van der Waals surface area (Å²) in [5, 5.41) is 14.6. The van der Waals surface area contributed by atoms with Crippen LogP contribution in [0.1, 0.15) is 63.1 Å². The molecule has 0 spiro atoms. The third kappa shape index (κ3) is 5.37. The minimum Gasteiger partial charge on any atom is -0.391 e. The van der Waals surface area contributed by atoms with Crippen molar-refractivity contribution >= 4 is 35.0 Å². The zero-order valence-corrected chi connectivity index (χ0v) is 21.0. The van der Waals surface area contributed by atoms with Crippen LogP contribution >= 0.6 is 23.2 Å². The molecule has 1 saturated heterocycles. The molecule has 0 saturated carbocycles. The number of nitrogens with one attached hydrogen (secondary N) is 1. The summed E-state index contributed by atoms with van der Waals surface area (Å²) < 4.78 is 0. The van der Waals surface area contributed by atoms with Crippen molar-refractivity contribution in [3.63, 3.8) is 0 Å². The van der Waals surface area contributed by atoms with E-state index in [1.165, 1.54) is 0 Å². The first-order valence-electron chi connectivity index (χ1n) is 11.3. The lowest BCUT2D eigenvalue weighted by atomic mass is 9.66. The number of nitrogens with zero attached hydrogens (tertiary/aromatic N) is 1. The average Bonchev–Trinajstić information content (AvgIpc) is 2.77. The average molecular weight is 491 g/mol. The van der Waals surface area contributed by atoms with Crippen molar-refractivity contribution in [3.05, 3.63) is 69.7 Å². The largest absolute Gasteiger partial charge is 0.391 e. The number of halogens is 2. The number of benzene rings is 2. The summed E-state index contributed by atoms with van der Waals surface area (Å²) in [4.78, 5) is 28.3. The first-order valence-corrected chi connectivity index (χ1v) is 12.1. The Kier molecular flexibility index (Phi) is 8.09. The zero-order valence-electron chi connectivity index (χ0n) is 19.5. The van der Waals surface area contributed by atoms with Gasteiger partial charge in [-0.3, -0.25) is 9.59 Å². The normalized spacial score (nSPS) is 24.9. The van der Waals surface area contributed by atoms with Gasteiger partial charge in [0.1, 0.15) is 0 Å². The van der Waals surface area contributed by atoms with E-state index in [0.29, 0.717) is 22.9 Å². The van der Waals surface area contributed by atoms with Gasteiger partial charge in [-0.25, -0.2) is 0 Å². The lowest BCUT2D eigenvalue weighted by molar-refractivity contribution is -0.160. The van der Waals surface area contributed by atoms with Gasteiger partial charge in [0.25, 0.3) is 0 Å². The molecular formula is C26H32Cl2N2O3. The Labute approximate surface area is 206 Å². The number of hydrogen-bond acceptors (Lipinski definition) is 3. The van der Waals surface area contributed by atoms with E-state index in [0.717, 1.165) is 11.1 Å². The van der Waals surface area contributed by atoms with Crippen LogP contribution in [0.5, 0.6) is 0 Å². The molecule has 0 radical (unpaired) electrons. The molecule has 2 amide bonds. The SMILES string of the molecule is CCC([C@H](C)O)N1C(=O)[C@@](C)(CC(=O)NC)C[C@H](c2cccc(Cl)c2)[C@H]1c1ccc(Cl)cc1. The van der Waals surface area contributed by atoms with E-state index in [9.17, 15) is 14.7 Å². The zero-order chi connectivity index (χ0) is 24.3. The van der Waals surface area contributed by atoms with Crippen LogP contribution in [0.3, 0.4) is 0 Å². The van der Waals surface area contributed by atoms with Gasteiger partial charge in [0.15, 0.2) is 0 Å². The highest BCUT2D eigenvalue weighted by molar-refractivity contribution is 6.30. The molecule has 5 nitrogen and oxygen atoms in total. The van der Waals surface area contributed by atoms with Gasteiger partial charge >= 0.3 is 0 Å². The molecule has 1 aliphatic rings. The van der Waals surface area contributed by atoms with Crippen molar-refractivity contribution in [1.29, 1.82) is 0 Å². The van der Waals surface area contributed by atoms with Crippen molar-refractivity contribution in [2.24, 2.45) is 5.41 Å². The Morgan fingerprint density at radius 2 is 1.85 bits per heavy atom. The minimum absolute atomic E-state index is 0.0689. The molecule has 2 N–H and O–H groups in total. The van der Waals surface area contributed by atoms with Crippen LogP contribution < -0.4 is 5.32 Å². The molecular weight excluding hydrogens is 459 g/mol. The summed E-state index contributed by atoms with van der Waals surface area (Å²) in [5.41, 5.74) is 0.987. The number of carbonyl (C=O) groups is 2. The van der Waals surface area contributed by atoms with E-state index in [-0.39, 0.29) is 30.2 Å². The van der Waals surface area contributed by atoms with Crippen LogP contribution in [-0.4, -0.2) is 41.0 Å². The fourth-order valence-electron chi connectivity index (χ4n) is 5.12. The molecule has 0 aliphatic carbocycles. The Bertz CT molecular complexity index is 995. The molecule has 1 fully saturated rings. The quantitative estimate of drug-likeness (QED) is 0.549. The van der Waals surface area contributed by atoms with E-state index < -0.39 is 17.6 Å². The van der Waals surface area contributed by atoms with Crippen LogP contribution in [0.15, 0.2) is 48.5 Å². The lowest BCUT2D eigenvalue weighted by Crippen LogP contribution is -2.58. The maximum Gasteiger partial charge on any atom is 0.229 e. The number of aliphatic hydroxyl groups excluding tert-OH is 1. The molecule has 1 aliphatic heterocycles. The van der Waals surface area contributed by atoms with E-state index in [1.54, 1.807) is 14.0 Å². The van der Waals surface area contributed by atoms with Crippen molar-refractivity contribution in [2.75, 3.05) is 7.05 Å². The number of piperidine rings is 1. The molecule has 2 aromatic rings. The summed E-state index contributed by atoms with van der Waals surface area (Å²) in [6.07, 6.45) is 0.376. The van der Waals surface area contributed by atoms with Gasteiger partial charge in [-0.15, -0.1) is 0 Å². The third-order valence-corrected chi connectivity index (χ3v) is 7.24. The lowest BCUT2D eigenvalue weighted by Gasteiger charge is -2.52. The molecule has 178 valence electrons. The highest BCUT2D eigenvalue weighted by Crippen LogP contribution is 2.52. The van der Waals surface area contributed by atoms with Gasteiger partial charge in [-0.05, 0) is 55.2 Å². The van der Waals surface area contributed by atoms with E-state index in [2.05, 4.69) is 5.32 Å². The summed E-state index contributed by atoms with van der Waals surface area (Å²) in [7, 11) is 1.58. The maximum absolute atomic E-state index is 14.1. The van der Waals surface area contributed by atoms with Gasteiger partial charge < -0.3 is 15.3 Å². The van der Waals surface area contributed by atoms with Crippen molar-refractivity contribution in [1.82, 2.24) is 10.2 Å². The van der Waals surface area contributed by atoms with Crippen molar-refractivity contribution in [2.45, 2.75) is 64.1 Å². The summed E-state index contributed by atoms with van der Waals surface area (Å²) in [5.74, 6) is -0.451. The number of amides is 2. The first-order chi connectivity index (χ1) is 15.6. The second-order valence-electron chi connectivity index (χ2n) is 9.20. The molecule has 3 rings (SSSR count). The Morgan fingerprint density at radius 1 is 1.18 bits per heavy atom. The number of rotatable bonds is 7. The topological polar surface area (TPSA) is 69.6 Å². The van der Waals surface area contributed by atoms with Crippen LogP contribution in [0, 0.1) is 5.41 Å². The van der Waals surface area contributed by atoms with Crippen LogP contribution in [-0.2, 0) is 9.59 Å². The van der Waals surface area contributed by atoms with Gasteiger partial charge in [0.2, 0.25) is 11.8 Å². The molecule has 0 bridgehead atoms. The molecule has 5 atom stereocenters. The number of aliphatic hydroxyl groups is 1. The molecule has 1 unspecified atom stereocenters. The smallest absolute Gasteiger partial charge is 0.229 e. The molecule has 33 heavy (non-hydrogen) atoms. The Morgan fingerprint density at radius 3 is 2.39 bits per heavy atom. The Balaban J connectivity index is 2.24. The third-order valence-electron chi connectivity index (χ3n) is 6.75. The van der Waals surface area contributed by atoms with Gasteiger partial charge in [-0.1, -0.05) is 61.3 Å². The molecule has 0 aromatic heterocycles. The van der Waals surface area contributed by atoms with Gasteiger partial charge in [-0.2, -0.15) is 0 Å². The minimum atomic E-state index is -0.932. The summed E-state index contributed by atoms with van der Waals surface area (Å²) in [6.45, 7) is 5.52. The molecule has 1 heterocycles. The van der Waals surface area contributed by atoms with Crippen LogP contribution in [0.2, 0.25) is 10.0 Å². The fraction of sp³-hybridized carbons (Fsp3) is 0.462. The van der Waals surface area contributed by atoms with E-state index in [1.807, 2.05) is 67.3 Å². The second-order valence-corrected chi connectivity index (χ2v) is 10.1. The highest BCUT2D eigenvalue weighted by atomic mass is 35.5. The monoisotopic (exact) mass is 490 g/mol. The number of likely N-dealkylation sites (tertiary alicyclic amines) is 1. The van der Waals surface area contributed by atoms with Gasteiger partial charge in [0.05, 0.1) is 23.6 Å². The first kappa shape index (κ1) is 25.5. The van der Waals surface area contributed by atoms with Crippen molar-refractivity contribution < 1.29 is 14.7 Å². The van der Waals surface area contributed by atoms with Crippen LogP contribution in [0.25, 0.3) is 0 Å². The van der Waals surface area contributed by atoms with E-state index in [4.69, 9.17) is 23.2 Å². The summed E-state index contributed by atoms with van der Waals surface area (Å²) in [6, 6.07) is 14.4. The predicted octanol–water partition coefficient (Wildman–Crippen LogP) is 5.35. The van der Waals surface area contributed by atoms with Crippen LogP contribution in [0.4, 0.5) is 0 Å². The fourth-order valence-corrected chi connectivity index (χ4v) is 5.45. The second kappa shape index (κ2) is 10.5. The van der Waals surface area contributed by atoms with E-state index >= 15 is 0 Å². The Hall–Kier alpha value is -2.08. The highest BCUT2D eigenvalue weighted by Gasteiger charge is 2.52. The molecule has 2 aromatic carbocycles. The van der Waals surface area contributed by atoms with Crippen molar-refractivity contribution in [3.8, 4) is 0 Å². The maximum atomic E-state index is 14.1. The van der Waals surface area contributed by atoms with Gasteiger partial charge in [0, 0.05) is 29.4 Å². The summed E-state index contributed by atoms with van der Waals surface area (Å²) >= 11 is 12.5. The standard InChI is InChI=1S/C26H32Cl2N2O3/c1-5-22(16(2)31)30-24(17-9-11-19(27)12-10-17)21(18-7-6-8-20(28)13-18)14-26(3,25(30)33)15-23(32)29-4/h6-13,16,21-22,24,31H,5,14-15H2,1-4H3,(H,29,32)/t16-,21+,22?,24+,26+/m0/s1.